The van der Waals surface area contributed by atoms with Gasteiger partial charge in [0.15, 0.2) is 0 Å². The number of allylic oxidation sites excluding steroid dienone is 2. The van der Waals surface area contributed by atoms with Gasteiger partial charge in [0.25, 0.3) is 0 Å². The average molecular weight is 243 g/mol. The van der Waals surface area contributed by atoms with E-state index in [1.807, 2.05) is 6.08 Å². The minimum Gasteiger partial charge on any atom is -0.396 e. The van der Waals surface area contributed by atoms with Crippen LogP contribution in [-0.2, 0) is 0 Å². The van der Waals surface area contributed by atoms with E-state index in [4.69, 9.17) is 9.22 Å². The molecule has 102 valence electrons. The van der Waals surface area contributed by atoms with Gasteiger partial charge in [-0.1, -0.05) is 70.4 Å². The Bertz CT molecular complexity index is 240. The Kier molecular flexibility index (Phi) is 10.9. The maximum Gasteiger partial charge on any atom is 0.0564 e. The predicted octanol–water partition coefficient (Wildman–Crippen LogP) is 5.24. The van der Waals surface area contributed by atoms with Crippen LogP contribution in [0.2, 0.25) is 0 Å². The highest BCUT2D eigenvalue weighted by molar-refractivity contribution is 4.81. The van der Waals surface area contributed by atoms with Crippen LogP contribution in [0, 0.1) is 0 Å². The van der Waals surface area contributed by atoms with Gasteiger partial charge in [-0.15, -0.1) is 0 Å². The third-order valence-electron chi connectivity index (χ3n) is 2.86. The lowest BCUT2D eigenvalue weighted by molar-refractivity contribution is 0.282. The van der Waals surface area contributed by atoms with Crippen molar-refractivity contribution in [2.24, 2.45) is 0 Å². The Balaban J connectivity index is 3.46. The van der Waals surface area contributed by atoms with Gasteiger partial charge in [0.2, 0.25) is 0 Å². The van der Waals surface area contributed by atoms with Crippen molar-refractivity contribution >= 4 is 0 Å². The molecule has 0 aromatic heterocycles. The molecule has 0 spiro atoms. The normalized spacial score (nSPS) is 16.7. The molecule has 0 fully saturated rings. The molecule has 0 rings (SSSR count). The van der Waals surface area contributed by atoms with Crippen molar-refractivity contribution in [1.82, 2.24) is 0 Å². The molecule has 0 aromatic rings. The van der Waals surface area contributed by atoms with E-state index in [0.29, 0.717) is 12.8 Å². The molecule has 0 amide bonds. The molecule has 0 aliphatic carbocycles. The van der Waals surface area contributed by atoms with E-state index < -0.39 is 13.0 Å². The number of aliphatic hydroxyl groups is 1. The zero-order chi connectivity index (χ0) is 15.3. The fraction of sp³-hybridized carbons (Fsp3) is 0.875. The molecule has 0 saturated heterocycles. The van der Waals surface area contributed by atoms with Crippen LogP contribution < -0.4 is 0 Å². The van der Waals surface area contributed by atoms with Crippen LogP contribution in [0.4, 0.5) is 0 Å². The summed E-state index contributed by atoms with van der Waals surface area (Å²) in [4.78, 5) is 0. The quantitative estimate of drug-likeness (QED) is 0.346. The first kappa shape index (κ1) is 11.8. The van der Waals surface area contributed by atoms with E-state index in [2.05, 4.69) is 6.92 Å². The number of hydrogen-bond donors (Lipinski definition) is 1. The minimum absolute atomic E-state index is 0.575. The van der Waals surface area contributed by atoms with Crippen LogP contribution in [0.15, 0.2) is 12.2 Å². The second-order valence-corrected chi connectivity index (χ2v) is 4.59. The van der Waals surface area contributed by atoms with Crippen LogP contribution in [0.1, 0.15) is 88.0 Å². The Morgan fingerprint density at radius 3 is 2.00 bits per heavy atom. The lowest BCUT2D eigenvalue weighted by Crippen LogP contribution is -1.84. The van der Waals surface area contributed by atoms with Gasteiger partial charge < -0.3 is 5.11 Å². The summed E-state index contributed by atoms with van der Waals surface area (Å²) in [6.07, 6.45) is 13.3. The van der Waals surface area contributed by atoms with Crippen LogP contribution in [0.3, 0.4) is 0 Å². The van der Waals surface area contributed by atoms with Gasteiger partial charge in [-0.3, -0.25) is 0 Å². The number of unbranched alkanes of at least 4 members (excludes halogenated alkanes) is 7. The second-order valence-electron chi connectivity index (χ2n) is 4.59. The molecular formula is C16H32O. The van der Waals surface area contributed by atoms with E-state index in [0.717, 1.165) is 57.8 Å². The van der Waals surface area contributed by atoms with Crippen LogP contribution >= 0.6 is 0 Å². The fourth-order valence-electron chi connectivity index (χ4n) is 1.74. The Morgan fingerprint density at radius 2 is 1.41 bits per heavy atom. The van der Waals surface area contributed by atoms with Gasteiger partial charge in [0, 0.05) is 9.32 Å². The van der Waals surface area contributed by atoms with Gasteiger partial charge >= 0.3 is 0 Å². The summed E-state index contributed by atoms with van der Waals surface area (Å²) in [5.74, 6) is 0. The monoisotopic (exact) mass is 243 g/mol. The average Bonchev–Trinajstić information content (AvgIpc) is 2.37. The molecule has 0 heterocycles. The fourth-order valence-corrected chi connectivity index (χ4v) is 1.74. The minimum atomic E-state index is -1.15. The lowest BCUT2D eigenvalue weighted by atomic mass is 10.1. The van der Waals surface area contributed by atoms with E-state index in [1.165, 1.54) is 0 Å². The Hall–Kier alpha value is -0.300. The summed E-state index contributed by atoms with van der Waals surface area (Å²) in [7, 11) is 0. The molecule has 1 atom stereocenters. The Labute approximate surface area is 113 Å². The molecule has 0 aliphatic heterocycles. The van der Waals surface area contributed by atoms with E-state index in [9.17, 15) is 0 Å². The highest BCUT2D eigenvalue weighted by Crippen LogP contribution is 2.10. The van der Waals surface area contributed by atoms with Gasteiger partial charge in [-0.05, 0) is 25.6 Å². The van der Waals surface area contributed by atoms with Crippen LogP contribution in [-0.4, -0.2) is 11.7 Å². The SMILES string of the molecule is [2H][C@H](O)CCCCCCCCC([2H])([2H])/C=C\CCCC. The third-order valence-corrected chi connectivity index (χ3v) is 2.86. The molecule has 0 saturated carbocycles. The van der Waals surface area contributed by atoms with Gasteiger partial charge in [0.1, 0.15) is 0 Å². The highest BCUT2D eigenvalue weighted by Gasteiger charge is 1.91. The molecule has 1 N–H and O–H groups in total. The summed E-state index contributed by atoms with van der Waals surface area (Å²) in [5, 5.41) is 8.81. The van der Waals surface area contributed by atoms with Crippen molar-refractivity contribution < 1.29 is 9.22 Å². The zero-order valence-corrected chi connectivity index (χ0v) is 11.5. The topological polar surface area (TPSA) is 20.2 Å². The summed E-state index contributed by atoms with van der Waals surface area (Å²) in [6.45, 7) is 1.23. The van der Waals surface area contributed by atoms with Crippen LogP contribution in [0.25, 0.3) is 0 Å². The largest absolute Gasteiger partial charge is 0.396 e. The standard InChI is InChI=1S/C16H32O/c1-2-3-4-5-6-7-8-9-10-11-12-13-14-15-16-17/h5-6,17H,2-4,7-16H2,1H3/b6-5-/i7D2,16D/t16-/m0/s1. The first-order valence-corrected chi connectivity index (χ1v) is 7.26. The number of hydrogen-bond acceptors (Lipinski definition) is 1. The van der Waals surface area contributed by atoms with Crippen molar-refractivity contribution in [3.63, 3.8) is 0 Å². The van der Waals surface area contributed by atoms with Gasteiger partial charge in [-0.2, -0.15) is 0 Å². The summed E-state index contributed by atoms with van der Waals surface area (Å²) in [6, 6.07) is 0. The molecule has 17 heavy (non-hydrogen) atoms. The van der Waals surface area contributed by atoms with Crippen molar-refractivity contribution in [3.8, 4) is 0 Å². The molecule has 0 radical (unpaired) electrons. The van der Waals surface area contributed by atoms with Gasteiger partial charge in [0.05, 0.1) is 1.37 Å². The molecule has 0 aliphatic rings. The Morgan fingerprint density at radius 1 is 0.824 bits per heavy atom. The number of aliphatic hydroxyl groups excluding tert-OH is 1. The molecule has 1 nitrogen and oxygen atoms in total. The molecule has 0 unspecified atom stereocenters. The number of rotatable bonds is 13. The maximum atomic E-state index is 8.81. The van der Waals surface area contributed by atoms with Crippen molar-refractivity contribution in [1.29, 1.82) is 0 Å². The van der Waals surface area contributed by atoms with Crippen LogP contribution in [0.5, 0.6) is 0 Å². The van der Waals surface area contributed by atoms with E-state index >= 15 is 0 Å². The first-order chi connectivity index (χ1) is 9.48. The summed E-state index contributed by atoms with van der Waals surface area (Å²) >= 11 is 0. The van der Waals surface area contributed by atoms with Crippen molar-refractivity contribution in [3.05, 3.63) is 12.2 Å². The third kappa shape index (κ3) is 15.7. The van der Waals surface area contributed by atoms with Gasteiger partial charge in [-0.25, -0.2) is 0 Å². The van der Waals surface area contributed by atoms with E-state index in [-0.39, 0.29) is 0 Å². The predicted molar refractivity (Wildman–Crippen MR) is 77.3 cm³/mol. The first-order valence-electron chi connectivity index (χ1n) is 8.83. The highest BCUT2D eigenvalue weighted by atomic mass is 16.2. The molecule has 0 bridgehead atoms. The second kappa shape index (κ2) is 15.7. The summed E-state index contributed by atoms with van der Waals surface area (Å²) in [5.41, 5.74) is 0. The molecule has 0 aromatic carbocycles. The maximum absolute atomic E-state index is 8.81. The molecular weight excluding hydrogens is 208 g/mol. The van der Waals surface area contributed by atoms with E-state index in [1.54, 1.807) is 6.08 Å². The summed E-state index contributed by atoms with van der Waals surface area (Å²) < 4.78 is 22.8. The smallest absolute Gasteiger partial charge is 0.0564 e. The lowest BCUT2D eigenvalue weighted by Gasteiger charge is -2.00. The molecule has 1 heteroatoms. The van der Waals surface area contributed by atoms with Crippen molar-refractivity contribution in [2.75, 3.05) is 6.58 Å². The zero-order valence-electron chi connectivity index (χ0n) is 14.5. The van der Waals surface area contributed by atoms with Crippen molar-refractivity contribution in [2.45, 2.75) is 83.9 Å².